The van der Waals surface area contributed by atoms with Gasteiger partial charge in [-0.15, -0.1) is 0 Å². The molecule has 3 N–H and O–H groups in total. The van der Waals surface area contributed by atoms with Crippen LogP contribution in [-0.4, -0.2) is 29.5 Å². The Morgan fingerprint density at radius 1 is 1.36 bits per heavy atom. The van der Waals surface area contributed by atoms with Gasteiger partial charge in [0, 0.05) is 6.54 Å². The van der Waals surface area contributed by atoms with Crippen molar-refractivity contribution in [3.63, 3.8) is 0 Å². The Morgan fingerprint density at radius 2 is 1.93 bits per heavy atom. The molecular formula is C11H25NO2. The molecule has 0 aliphatic rings. The summed E-state index contributed by atoms with van der Waals surface area (Å²) in [5, 5.41) is 9.38. The van der Waals surface area contributed by atoms with E-state index in [-0.39, 0.29) is 11.7 Å². The fraction of sp³-hybridized carbons (Fsp3) is 1.00. The molecule has 0 amide bonds. The van der Waals surface area contributed by atoms with Gasteiger partial charge < -0.3 is 15.6 Å². The highest BCUT2D eigenvalue weighted by molar-refractivity contribution is 4.82. The lowest BCUT2D eigenvalue weighted by Gasteiger charge is -2.35. The summed E-state index contributed by atoms with van der Waals surface area (Å²) in [4.78, 5) is 0. The number of hydrogen-bond donors (Lipinski definition) is 2. The average Bonchev–Trinajstić information content (AvgIpc) is 2.16. The zero-order valence-electron chi connectivity index (χ0n) is 9.92. The van der Waals surface area contributed by atoms with Crippen LogP contribution in [0.4, 0.5) is 0 Å². The van der Waals surface area contributed by atoms with E-state index in [0.29, 0.717) is 6.54 Å². The van der Waals surface area contributed by atoms with Gasteiger partial charge in [0.05, 0.1) is 17.8 Å². The maximum absolute atomic E-state index is 9.38. The predicted octanol–water partition coefficient (Wildman–Crippen LogP) is 1.68. The first-order valence-corrected chi connectivity index (χ1v) is 5.57. The summed E-state index contributed by atoms with van der Waals surface area (Å²) in [5.74, 6) is 0. The van der Waals surface area contributed by atoms with Gasteiger partial charge in [-0.05, 0) is 26.7 Å². The van der Waals surface area contributed by atoms with Crippen molar-refractivity contribution >= 4 is 0 Å². The van der Waals surface area contributed by atoms with E-state index in [1.807, 2.05) is 6.92 Å². The van der Waals surface area contributed by atoms with Crippen LogP contribution in [-0.2, 0) is 4.74 Å². The lowest BCUT2D eigenvalue weighted by atomic mass is 9.94. The summed E-state index contributed by atoms with van der Waals surface area (Å²) in [7, 11) is 0. The fourth-order valence-corrected chi connectivity index (χ4v) is 1.56. The monoisotopic (exact) mass is 203 g/mol. The van der Waals surface area contributed by atoms with E-state index >= 15 is 0 Å². The molecule has 0 heterocycles. The van der Waals surface area contributed by atoms with Crippen molar-refractivity contribution < 1.29 is 9.84 Å². The van der Waals surface area contributed by atoms with E-state index < -0.39 is 6.10 Å². The van der Waals surface area contributed by atoms with Crippen LogP contribution in [0.2, 0.25) is 0 Å². The molecule has 0 aromatic heterocycles. The first-order valence-electron chi connectivity index (χ1n) is 5.57. The molecule has 0 saturated heterocycles. The van der Waals surface area contributed by atoms with Crippen molar-refractivity contribution in [1.29, 1.82) is 0 Å². The van der Waals surface area contributed by atoms with Crippen LogP contribution in [0.15, 0.2) is 0 Å². The van der Waals surface area contributed by atoms with Crippen LogP contribution in [0.25, 0.3) is 0 Å². The van der Waals surface area contributed by atoms with Crippen molar-refractivity contribution in [3.05, 3.63) is 0 Å². The molecule has 3 unspecified atom stereocenters. The van der Waals surface area contributed by atoms with Gasteiger partial charge in [-0.2, -0.15) is 0 Å². The molecule has 3 heteroatoms. The van der Waals surface area contributed by atoms with Crippen molar-refractivity contribution in [2.24, 2.45) is 5.73 Å². The molecule has 0 fully saturated rings. The van der Waals surface area contributed by atoms with Crippen LogP contribution < -0.4 is 5.73 Å². The topological polar surface area (TPSA) is 55.5 Å². The zero-order valence-corrected chi connectivity index (χ0v) is 9.92. The maximum atomic E-state index is 9.38. The van der Waals surface area contributed by atoms with Crippen molar-refractivity contribution in [1.82, 2.24) is 0 Å². The molecule has 3 nitrogen and oxygen atoms in total. The Bertz CT molecular complexity index is 144. The van der Waals surface area contributed by atoms with Gasteiger partial charge in [-0.25, -0.2) is 0 Å². The number of aliphatic hydroxyl groups is 1. The van der Waals surface area contributed by atoms with Gasteiger partial charge in [0.25, 0.3) is 0 Å². The van der Waals surface area contributed by atoms with Crippen LogP contribution in [0.1, 0.15) is 47.0 Å². The number of aliphatic hydroxyl groups excluding tert-OH is 1. The third-order valence-electron chi connectivity index (χ3n) is 2.84. The summed E-state index contributed by atoms with van der Waals surface area (Å²) in [5.41, 5.74) is 5.50. The van der Waals surface area contributed by atoms with Crippen LogP contribution in [0.5, 0.6) is 0 Å². The summed E-state index contributed by atoms with van der Waals surface area (Å²) >= 11 is 0. The second kappa shape index (κ2) is 6.38. The minimum absolute atomic E-state index is 0.148. The molecule has 14 heavy (non-hydrogen) atoms. The highest BCUT2D eigenvalue weighted by Crippen LogP contribution is 2.23. The van der Waals surface area contributed by atoms with E-state index in [1.54, 1.807) is 6.92 Å². The van der Waals surface area contributed by atoms with Crippen LogP contribution >= 0.6 is 0 Å². The molecule has 0 spiro atoms. The van der Waals surface area contributed by atoms with E-state index in [2.05, 4.69) is 13.8 Å². The van der Waals surface area contributed by atoms with E-state index in [4.69, 9.17) is 10.5 Å². The molecule has 0 rings (SSSR count). The zero-order chi connectivity index (χ0) is 11.2. The Hall–Kier alpha value is -0.120. The average molecular weight is 203 g/mol. The molecule has 0 bridgehead atoms. The van der Waals surface area contributed by atoms with Gasteiger partial charge in [0.1, 0.15) is 0 Å². The maximum Gasteiger partial charge on any atom is 0.0811 e. The third-order valence-corrected chi connectivity index (χ3v) is 2.84. The third kappa shape index (κ3) is 3.95. The van der Waals surface area contributed by atoms with E-state index in [1.165, 1.54) is 0 Å². The molecule has 0 aliphatic heterocycles. The lowest BCUT2D eigenvalue weighted by molar-refractivity contribution is -0.124. The number of rotatable bonds is 7. The number of ether oxygens (including phenoxy) is 1. The lowest BCUT2D eigenvalue weighted by Crippen LogP contribution is -2.44. The predicted molar refractivity (Wildman–Crippen MR) is 59.2 cm³/mol. The molecule has 0 aromatic rings. The SMILES string of the molecule is CCCC(CC)(CN)OC(C)C(C)O. The largest absolute Gasteiger partial charge is 0.391 e. The van der Waals surface area contributed by atoms with Gasteiger partial charge in [-0.1, -0.05) is 20.3 Å². The smallest absolute Gasteiger partial charge is 0.0811 e. The van der Waals surface area contributed by atoms with Crippen molar-refractivity contribution in [2.75, 3.05) is 6.54 Å². The standard InChI is InChI=1S/C11H25NO2/c1-5-7-11(6-2,8-12)14-10(4)9(3)13/h9-10,13H,5-8,12H2,1-4H3. The number of nitrogens with two attached hydrogens (primary N) is 1. The van der Waals surface area contributed by atoms with Crippen LogP contribution in [0.3, 0.4) is 0 Å². The van der Waals surface area contributed by atoms with E-state index in [9.17, 15) is 5.11 Å². The minimum Gasteiger partial charge on any atom is -0.391 e. The summed E-state index contributed by atoms with van der Waals surface area (Å²) in [6.07, 6.45) is 2.32. The molecule has 0 radical (unpaired) electrons. The Labute approximate surface area is 87.6 Å². The quantitative estimate of drug-likeness (QED) is 0.662. The summed E-state index contributed by atoms with van der Waals surface area (Å²) in [6, 6.07) is 0. The molecule has 0 saturated carbocycles. The van der Waals surface area contributed by atoms with Crippen LogP contribution in [0, 0.1) is 0 Å². The summed E-state index contributed by atoms with van der Waals surface area (Å²) < 4.78 is 5.86. The normalized spacial score (nSPS) is 20.1. The van der Waals surface area contributed by atoms with Gasteiger partial charge in [0.15, 0.2) is 0 Å². The molecular weight excluding hydrogens is 178 g/mol. The first-order chi connectivity index (χ1) is 6.51. The Kier molecular flexibility index (Phi) is 6.33. The van der Waals surface area contributed by atoms with Gasteiger partial charge in [-0.3, -0.25) is 0 Å². The Balaban J connectivity index is 4.33. The highest BCUT2D eigenvalue weighted by atomic mass is 16.5. The second-order valence-electron chi connectivity index (χ2n) is 4.05. The molecule has 86 valence electrons. The second-order valence-corrected chi connectivity index (χ2v) is 4.05. The minimum atomic E-state index is -0.440. The van der Waals surface area contributed by atoms with Crippen molar-refractivity contribution in [2.45, 2.75) is 64.8 Å². The first kappa shape index (κ1) is 13.9. The van der Waals surface area contributed by atoms with Crippen molar-refractivity contribution in [3.8, 4) is 0 Å². The Morgan fingerprint density at radius 3 is 2.21 bits per heavy atom. The summed E-state index contributed by atoms with van der Waals surface area (Å²) in [6.45, 7) is 8.36. The number of hydrogen-bond acceptors (Lipinski definition) is 3. The molecule has 0 aromatic carbocycles. The molecule has 3 atom stereocenters. The van der Waals surface area contributed by atoms with Gasteiger partial charge in [0.2, 0.25) is 0 Å². The van der Waals surface area contributed by atoms with Gasteiger partial charge >= 0.3 is 0 Å². The van der Waals surface area contributed by atoms with E-state index in [0.717, 1.165) is 19.3 Å². The highest BCUT2D eigenvalue weighted by Gasteiger charge is 2.29. The molecule has 0 aliphatic carbocycles. The fourth-order valence-electron chi connectivity index (χ4n) is 1.56.